The fourth-order valence-electron chi connectivity index (χ4n) is 2.15. The third kappa shape index (κ3) is 6.60. The first-order valence-corrected chi connectivity index (χ1v) is 9.73. The number of guanidine groups is 1. The van der Waals surface area contributed by atoms with Crippen LogP contribution in [0.15, 0.2) is 34.3 Å². The van der Waals surface area contributed by atoms with Crippen LogP contribution in [0.5, 0.6) is 0 Å². The molecule has 1 aromatic heterocycles. The fourth-order valence-corrected chi connectivity index (χ4v) is 3.58. The van der Waals surface area contributed by atoms with E-state index >= 15 is 0 Å². The van der Waals surface area contributed by atoms with Gasteiger partial charge in [0.25, 0.3) is 0 Å². The van der Waals surface area contributed by atoms with Crippen molar-refractivity contribution in [3.63, 3.8) is 0 Å². The van der Waals surface area contributed by atoms with Gasteiger partial charge in [0, 0.05) is 22.5 Å². The van der Waals surface area contributed by atoms with Crippen molar-refractivity contribution in [2.24, 2.45) is 4.99 Å². The maximum absolute atomic E-state index is 4.71. The number of hydrogen-bond acceptors (Lipinski definition) is 4. The second-order valence-electron chi connectivity index (χ2n) is 5.21. The zero-order valence-corrected chi connectivity index (χ0v) is 18.5. The summed E-state index contributed by atoms with van der Waals surface area (Å²) < 4.78 is 0. The zero-order valence-electron chi connectivity index (χ0n) is 14.5. The number of aromatic nitrogens is 1. The molecule has 0 unspecified atom stereocenters. The lowest BCUT2D eigenvalue weighted by Gasteiger charge is -2.11. The van der Waals surface area contributed by atoms with Crippen molar-refractivity contribution in [3.05, 3.63) is 45.4 Å². The molecular weight excluding hydrogens is 451 g/mol. The lowest BCUT2D eigenvalue weighted by molar-refractivity contribution is 0.820. The van der Waals surface area contributed by atoms with Gasteiger partial charge in [-0.2, -0.15) is 0 Å². The molecule has 0 saturated heterocycles. The Morgan fingerprint density at radius 1 is 1.29 bits per heavy atom. The molecule has 2 N–H and O–H groups in total. The van der Waals surface area contributed by atoms with E-state index in [-0.39, 0.29) is 24.0 Å². The monoisotopic (exact) mass is 476 g/mol. The Hall–Kier alpha value is -0.800. The van der Waals surface area contributed by atoms with Crippen molar-refractivity contribution in [1.82, 2.24) is 15.6 Å². The maximum atomic E-state index is 4.71. The number of thioether (sulfide) groups is 1. The van der Waals surface area contributed by atoms with Crippen LogP contribution in [0, 0.1) is 13.8 Å². The van der Waals surface area contributed by atoms with Gasteiger partial charge in [0.2, 0.25) is 0 Å². The van der Waals surface area contributed by atoms with E-state index in [1.165, 1.54) is 20.9 Å². The molecule has 7 heteroatoms. The van der Waals surface area contributed by atoms with Crippen LogP contribution < -0.4 is 10.6 Å². The number of thiazole rings is 1. The van der Waals surface area contributed by atoms with Crippen molar-refractivity contribution < 1.29 is 0 Å². The topological polar surface area (TPSA) is 49.3 Å². The molecule has 0 saturated carbocycles. The van der Waals surface area contributed by atoms with Crippen LogP contribution in [0.4, 0.5) is 0 Å². The molecule has 0 bridgehead atoms. The van der Waals surface area contributed by atoms with E-state index in [1.54, 1.807) is 23.1 Å². The Labute approximate surface area is 170 Å². The van der Waals surface area contributed by atoms with E-state index in [9.17, 15) is 0 Å². The Kier molecular flexibility index (Phi) is 9.68. The van der Waals surface area contributed by atoms with Crippen molar-refractivity contribution in [3.8, 4) is 0 Å². The van der Waals surface area contributed by atoms with Crippen LogP contribution >= 0.6 is 47.1 Å². The highest BCUT2D eigenvalue weighted by molar-refractivity contribution is 14.0. The van der Waals surface area contributed by atoms with E-state index in [2.05, 4.69) is 53.9 Å². The van der Waals surface area contributed by atoms with E-state index < -0.39 is 0 Å². The second kappa shape index (κ2) is 10.9. The van der Waals surface area contributed by atoms with Crippen LogP contribution in [0.25, 0.3) is 0 Å². The summed E-state index contributed by atoms with van der Waals surface area (Å²) >= 11 is 3.48. The standard InChI is InChI=1S/C17H24N4S2.HI/c1-5-18-17(21-11-15-10-19-13(3)23-15)20-9-14-7-6-12(2)8-16(14)22-4;/h6-8,10H,5,9,11H2,1-4H3,(H2,18,20,21);1H. The third-order valence-corrected chi connectivity index (χ3v) is 5.03. The molecular formula is C17H25IN4S2. The molecule has 0 aliphatic carbocycles. The molecule has 4 nitrogen and oxygen atoms in total. The molecule has 1 heterocycles. The van der Waals surface area contributed by atoms with Gasteiger partial charge in [-0.25, -0.2) is 9.98 Å². The van der Waals surface area contributed by atoms with Gasteiger partial charge >= 0.3 is 0 Å². The molecule has 2 rings (SSSR count). The SMILES string of the molecule is CCNC(=NCc1ccc(C)cc1SC)NCc1cnc(C)s1.I. The smallest absolute Gasteiger partial charge is 0.191 e. The second-order valence-corrected chi connectivity index (χ2v) is 7.38. The highest BCUT2D eigenvalue weighted by atomic mass is 127. The van der Waals surface area contributed by atoms with Crippen LogP contribution in [0.1, 0.15) is 27.9 Å². The number of aryl methyl sites for hydroxylation is 2. The lowest BCUT2D eigenvalue weighted by atomic mass is 10.1. The van der Waals surface area contributed by atoms with Crippen molar-refractivity contribution >= 4 is 53.0 Å². The number of nitrogens with zero attached hydrogens (tertiary/aromatic N) is 2. The minimum absolute atomic E-state index is 0. The zero-order chi connectivity index (χ0) is 16.7. The molecule has 0 spiro atoms. The summed E-state index contributed by atoms with van der Waals surface area (Å²) in [4.78, 5) is 11.5. The summed E-state index contributed by atoms with van der Waals surface area (Å²) in [5, 5.41) is 7.76. The number of benzene rings is 1. The average Bonchev–Trinajstić information content (AvgIpc) is 2.96. The molecule has 0 fully saturated rings. The first-order chi connectivity index (χ1) is 11.1. The van der Waals surface area contributed by atoms with E-state index in [4.69, 9.17) is 4.99 Å². The van der Waals surface area contributed by atoms with Gasteiger partial charge < -0.3 is 10.6 Å². The molecule has 0 amide bonds. The number of rotatable bonds is 6. The predicted molar refractivity (Wildman–Crippen MR) is 117 cm³/mol. The molecule has 1 aromatic carbocycles. The normalized spacial score (nSPS) is 11.1. The predicted octanol–water partition coefficient (Wildman–Crippen LogP) is 4.36. The number of halogens is 1. The molecule has 0 atom stereocenters. The van der Waals surface area contributed by atoms with E-state index in [0.717, 1.165) is 24.1 Å². The summed E-state index contributed by atoms with van der Waals surface area (Å²) in [5.41, 5.74) is 2.54. The Morgan fingerprint density at radius 2 is 2.08 bits per heavy atom. The van der Waals surface area contributed by atoms with Crippen LogP contribution in [0.3, 0.4) is 0 Å². The largest absolute Gasteiger partial charge is 0.357 e. The Balaban J connectivity index is 0.00000288. The summed E-state index contributed by atoms with van der Waals surface area (Å²) in [6.07, 6.45) is 4.03. The third-order valence-electron chi connectivity index (χ3n) is 3.29. The van der Waals surface area contributed by atoms with Gasteiger partial charge in [0.05, 0.1) is 18.1 Å². The number of nitrogens with one attached hydrogen (secondary N) is 2. The molecule has 24 heavy (non-hydrogen) atoms. The quantitative estimate of drug-likeness (QED) is 0.282. The van der Waals surface area contributed by atoms with Gasteiger partial charge in [0.15, 0.2) is 5.96 Å². The number of hydrogen-bond donors (Lipinski definition) is 2. The van der Waals surface area contributed by atoms with Gasteiger partial charge in [-0.05, 0) is 44.2 Å². The number of aliphatic imine (C=N–C) groups is 1. The first kappa shape index (κ1) is 21.2. The molecule has 132 valence electrons. The maximum Gasteiger partial charge on any atom is 0.191 e. The van der Waals surface area contributed by atoms with Gasteiger partial charge in [0.1, 0.15) is 0 Å². The average molecular weight is 476 g/mol. The Morgan fingerprint density at radius 3 is 2.71 bits per heavy atom. The van der Waals surface area contributed by atoms with Crippen LogP contribution in [0.2, 0.25) is 0 Å². The molecule has 0 radical (unpaired) electrons. The van der Waals surface area contributed by atoms with Crippen molar-refractivity contribution in [2.75, 3.05) is 12.8 Å². The van der Waals surface area contributed by atoms with Crippen LogP contribution in [-0.4, -0.2) is 23.7 Å². The van der Waals surface area contributed by atoms with E-state index in [1.807, 2.05) is 13.1 Å². The van der Waals surface area contributed by atoms with Crippen molar-refractivity contribution in [1.29, 1.82) is 0 Å². The first-order valence-electron chi connectivity index (χ1n) is 7.69. The molecule has 2 aromatic rings. The minimum atomic E-state index is 0. The van der Waals surface area contributed by atoms with E-state index in [0.29, 0.717) is 6.54 Å². The molecule has 0 aliphatic rings. The van der Waals surface area contributed by atoms with Gasteiger partial charge in [-0.1, -0.05) is 12.1 Å². The highest BCUT2D eigenvalue weighted by Crippen LogP contribution is 2.22. The summed E-state index contributed by atoms with van der Waals surface area (Å²) in [7, 11) is 0. The summed E-state index contributed by atoms with van der Waals surface area (Å²) in [6, 6.07) is 6.53. The van der Waals surface area contributed by atoms with Gasteiger partial charge in [-0.3, -0.25) is 0 Å². The van der Waals surface area contributed by atoms with Crippen LogP contribution in [-0.2, 0) is 13.1 Å². The highest BCUT2D eigenvalue weighted by Gasteiger charge is 2.04. The Bertz CT molecular complexity index is 670. The molecule has 0 aliphatic heterocycles. The fraction of sp³-hybridized carbons (Fsp3) is 0.412. The van der Waals surface area contributed by atoms with Crippen molar-refractivity contribution in [2.45, 2.75) is 38.8 Å². The minimum Gasteiger partial charge on any atom is -0.357 e. The summed E-state index contributed by atoms with van der Waals surface area (Å²) in [6.45, 7) is 8.49. The lowest BCUT2D eigenvalue weighted by Crippen LogP contribution is -2.36. The summed E-state index contributed by atoms with van der Waals surface area (Å²) in [5.74, 6) is 0.839. The van der Waals surface area contributed by atoms with Gasteiger partial charge in [-0.15, -0.1) is 47.1 Å².